The van der Waals surface area contributed by atoms with Gasteiger partial charge in [-0.25, -0.2) is 0 Å². The van der Waals surface area contributed by atoms with E-state index < -0.39 is 4.92 Å². The van der Waals surface area contributed by atoms with Gasteiger partial charge in [0.15, 0.2) is 5.69 Å². The van der Waals surface area contributed by atoms with Crippen LogP contribution in [0.4, 0.5) is 5.69 Å². The van der Waals surface area contributed by atoms with Crippen molar-refractivity contribution in [2.24, 2.45) is 11.7 Å². The zero-order valence-corrected chi connectivity index (χ0v) is 14.7. The zero-order valence-electron chi connectivity index (χ0n) is 13.9. The molecule has 1 aromatic heterocycles. The normalized spacial score (nSPS) is 12.0. The number of nitrogens with one attached hydrogen (secondary N) is 1. The van der Waals surface area contributed by atoms with Gasteiger partial charge >= 0.3 is 0 Å². The number of amides is 1. The molecular formula is C15H22ClN5O3. The smallest absolute Gasteiger partial charge is 0.274 e. The predicted molar refractivity (Wildman–Crippen MR) is 94.4 cm³/mol. The van der Waals surface area contributed by atoms with Crippen molar-refractivity contribution in [3.8, 4) is 0 Å². The van der Waals surface area contributed by atoms with Gasteiger partial charge in [-0.2, -0.15) is 5.10 Å². The third kappa shape index (κ3) is 4.21. The molecule has 0 saturated carbocycles. The van der Waals surface area contributed by atoms with Crippen molar-refractivity contribution < 1.29 is 9.72 Å². The number of nitrogens with zero attached hydrogens (tertiary/aromatic N) is 3. The average molecular weight is 356 g/mol. The Balaban J connectivity index is 0.00000288. The maximum Gasteiger partial charge on any atom is 0.274 e. The van der Waals surface area contributed by atoms with Crippen LogP contribution in [0, 0.1) is 16.0 Å². The summed E-state index contributed by atoms with van der Waals surface area (Å²) in [5.74, 6) is 0.0556. The largest absolute Gasteiger partial charge is 0.340 e. The number of aromatic amines is 1. The van der Waals surface area contributed by atoms with Gasteiger partial charge < -0.3 is 10.6 Å². The molecule has 0 aliphatic heterocycles. The molecule has 9 heteroatoms. The van der Waals surface area contributed by atoms with Gasteiger partial charge in [-0.05, 0) is 18.4 Å². The fraction of sp³-hybridized carbons (Fsp3) is 0.467. The van der Waals surface area contributed by atoms with Gasteiger partial charge in [0.25, 0.3) is 11.6 Å². The van der Waals surface area contributed by atoms with Crippen LogP contribution in [0.15, 0.2) is 18.2 Å². The Morgan fingerprint density at radius 1 is 1.46 bits per heavy atom. The Bertz CT molecular complexity index is 731. The lowest BCUT2D eigenvalue weighted by molar-refractivity contribution is -0.384. The third-order valence-electron chi connectivity index (χ3n) is 3.96. The number of non-ortho nitro benzene ring substituents is 1. The molecule has 0 fully saturated rings. The van der Waals surface area contributed by atoms with Crippen molar-refractivity contribution in [1.82, 2.24) is 15.1 Å². The first-order chi connectivity index (χ1) is 10.8. The number of nitro benzene ring substituents is 1. The molecule has 1 aromatic carbocycles. The zero-order chi connectivity index (χ0) is 17.1. The number of fused-ring (bicyclic) bond motifs is 1. The van der Waals surface area contributed by atoms with Crippen LogP contribution < -0.4 is 5.73 Å². The van der Waals surface area contributed by atoms with Crippen molar-refractivity contribution in [2.75, 3.05) is 13.6 Å². The van der Waals surface area contributed by atoms with E-state index in [4.69, 9.17) is 5.73 Å². The fourth-order valence-electron chi connectivity index (χ4n) is 2.24. The number of hydrogen-bond donors (Lipinski definition) is 2. The lowest BCUT2D eigenvalue weighted by Crippen LogP contribution is -2.34. The van der Waals surface area contributed by atoms with Crippen molar-refractivity contribution in [2.45, 2.75) is 26.3 Å². The molecule has 2 rings (SSSR count). The molecular weight excluding hydrogens is 334 g/mol. The summed E-state index contributed by atoms with van der Waals surface area (Å²) in [5, 5.41) is 18.1. The van der Waals surface area contributed by atoms with E-state index in [2.05, 4.69) is 10.2 Å². The number of hydrogen-bond acceptors (Lipinski definition) is 5. The highest BCUT2D eigenvalue weighted by Gasteiger charge is 2.21. The summed E-state index contributed by atoms with van der Waals surface area (Å²) in [6.07, 6.45) is 0.683. The summed E-state index contributed by atoms with van der Waals surface area (Å²) in [6.45, 7) is 4.57. The van der Waals surface area contributed by atoms with Crippen molar-refractivity contribution >= 4 is 34.9 Å². The maximum absolute atomic E-state index is 12.5. The summed E-state index contributed by atoms with van der Waals surface area (Å²) < 4.78 is 0. The van der Waals surface area contributed by atoms with Gasteiger partial charge in [0.2, 0.25) is 0 Å². The average Bonchev–Trinajstić information content (AvgIpc) is 2.94. The molecule has 24 heavy (non-hydrogen) atoms. The van der Waals surface area contributed by atoms with Crippen LogP contribution >= 0.6 is 12.4 Å². The minimum atomic E-state index is -0.494. The molecule has 0 saturated heterocycles. The maximum atomic E-state index is 12.5. The molecule has 132 valence electrons. The van der Waals surface area contributed by atoms with Gasteiger partial charge in [0.1, 0.15) is 0 Å². The minimum Gasteiger partial charge on any atom is -0.340 e. The molecule has 1 atom stereocenters. The quantitative estimate of drug-likeness (QED) is 0.609. The topological polar surface area (TPSA) is 118 Å². The van der Waals surface area contributed by atoms with Crippen molar-refractivity contribution in [3.05, 3.63) is 34.0 Å². The van der Waals surface area contributed by atoms with Crippen LogP contribution in [0.5, 0.6) is 0 Å². The van der Waals surface area contributed by atoms with Crippen LogP contribution in [0.25, 0.3) is 10.9 Å². The Morgan fingerprint density at radius 2 is 2.12 bits per heavy atom. The van der Waals surface area contributed by atoms with Gasteiger partial charge in [-0.3, -0.25) is 20.0 Å². The standard InChI is InChI=1S/C15H21N5O3.ClH/c1-9(2)12(16)6-7-19(3)15(21)14-11-8-10(20(22)23)4-5-13(11)17-18-14;/h4-5,8-9,12H,6-7,16H2,1-3H3,(H,17,18);1H. The Kier molecular flexibility index (Phi) is 6.68. The van der Waals surface area contributed by atoms with Gasteiger partial charge in [-0.1, -0.05) is 13.8 Å². The van der Waals surface area contributed by atoms with Crippen LogP contribution in [-0.4, -0.2) is 45.6 Å². The highest BCUT2D eigenvalue weighted by molar-refractivity contribution is 6.05. The van der Waals surface area contributed by atoms with E-state index in [-0.39, 0.29) is 35.7 Å². The van der Waals surface area contributed by atoms with Gasteiger partial charge in [-0.15, -0.1) is 12.4 Å². The number of H-pyrrole nitrogens is 1. The Morgan fingerprint density at radius 3 is 2.71 bits per heavy atom. The van der Waals surface area contributed by atoms with Crippen LogP contribution in [0.3, 0.4) is 0 Å². The number of carbonyl (C=O) groups excluding carboxylic acids is 1. The summed E-state index contributed by atoms with van der Waals surface area (Å²) >= 11 is 0. The van der Waals surface area contributed by atoms with E-state index in [1.807, 2.05) is 13.8 Å². The second-order valence-corrected chi connectivity index (χ2v) is 5.98. The number of nitrogens with two attached hydrogens (primary N) is 1. The summed E-state index contributed by atoms with van der Waals surface area (Å²) in [4.78, 5) is 24.4. The molecule has 0 bridgehead atoms. The Labute approximate surface area is 145 Å². The SMILES string of the molecule is CC(C)C(N)CCN(C)C(=O)c1n[nH]c2ccc([N+](=O)[O-])cc12.Cl. The molecule has 1 amide bonds. The van der Waals surface area contributed by atoms with E-state index in [1.54, 1.807) is 13.1 Å². The first-order valence-corrected chi connectivity index (χ1v) is 7.44. The van der Waals surface area contributed by atoms with E-state index in [0.29, 0.717) is 29.8 Å². The highest BCUT2D eigenvalue weighted by atomic mass is 35.5. The summed E-state index contributed by atoms with van der Waals surface area (Å²) in [5.41, 5.74) is 6.69. The van der Waals surface area contributed by atoms with Crippen LogP contribution in [0.1, 0.15) is 30.8 Å². The molecule has 0 aliphatic rings. The number of nitro groups is 1. The van der Waals surface area contributed by atoms with E-state index in [9.17, 15) is 14.9 Å². The van der Waals surface area contributed by atoms with E-state index in [0.717, 1.165) is 0 Å². The Hall–Kier alpha value is -2.19. The number of carbonyl (C=O) groups is 1. The van der Waals surface area contributed by atoms with Gasteiger partial charge in [0, 0.05) is 37.2 Å². The highest BCUT2D eigenvalue weighted by Crippen LogP contribution is 2.23. The summed E-state index contributed by atoms with van der Waals surface area (Å²) in [7, 11) is 1.67. The van der Waals surface area contributed by atoms with Crippen molar-refractivity contribution in [1.29, 1.82) is 0 Å². The molecule has 3 N–H and O–H groups in total. The number of rotatable bonds is 6. The second-order valence-electron chi connectivity index (χ2n) is 5.98. The molecule has 1 unspecified atom stereocenters. The molecule has 1 heterocycles. The first kappa shape index (κ1) is 19.9. The van der Waals surface area contributed by atoms with Crippen LogP contribution in [-0.2, 0) is 0 Å². The predicted octanol–water partition coefficient (Wildman–Crippen LogP) is 2.34. The second kappa shape index (κ2) is 8.07. The number of halogens is 1. The van der Waals surface area contributed by atoms with E-state index >= 15 is 0 Å². The van der Waals surface area contributed by atoms with Crippen LogP contribution in [0.2, 0.25) is 0 Å². The molecule has 8 nitrogen and oxygen atoms in total. The molecule has 0 radical (unpaired) electrons. The molecule has 0 spiro atoms. The van der Waals surface area contributed by atoms with E-state index in [1.165, 1.54) is 17.0 Å². The van der Waals surface area contributed by atoms with Gasteiger partial charge in [0.05, 0.1) is 10.4 Å². The van der Waals surface area contributed by atoms with Crippen molar-refractivity contribution in [3.63, 3.8) is 0 Å². The fourth-order valence-corrected chi connectivity index (χ4v) is 2.24. The minimum absolute atomic E-state index is 0. The monoisotopic (exact) mass is 355 g/mol. The lowest BCUT2D eigenvalue weighted by atomic mass is 10.0. The molecule has 2 aromatic rings. The lowest BCUT2D eigenvalue weighted by Gasteiger charge is -2.21. The number of benzene rings is 1. The first-order valence-electron chi connectivity index (χ1n) is 7.44. The summed E-state index contributed by atoms with van der Waals surface area (Å²) in [6, 6.07) is 4.30. The number of aromatic nitrogens is 2. The third-order valence-corrected chi connectivity index (χ3v) is 3.96. The molecule has 0 aliphatic carbocycles.